The molecular weight excluding hydrogens is 178 g/mol. The molecule has 2 rings (SSSR count). The van der Waals surface area contributed by atoms with Crippen LogP contribution >= 0.6 is 0 Å². The molecule has 0 aliphatic heterocycles. The second kappa shape index (κ2) is 2.45. The fourth-order valence-corrected chi connectivity index (χ4v) is 1.35. The van der Waals surface area contributed by atoms with Gasteiger partial charge in [-0.25, -0.2) is 8.78 Å². The number of rotatable bonds is 0. The summed E-state index contributed by atoms with van der Waals surface area (Å²) >= 11 is 0. The summed E-state index contributed by atoms with van der Waals surface area (Å²) in [7, 11) is 0. The van der Waals surface area contributed by atoms with Crippen LogP contribution in [-0.2, 0) is 11.2 Å². The Bertz CT molecular complexity index is 424. The van der Waals surface area contributed by atoms with E-state index in [1.165, 1.54) is 0 Å². The molecular formula is C9H4F2O2. The van der Waals surface area contributed by atoms with Crippen LogP contribution in [0.5, 0.6) is 0 Å². The van der Waals surface area contributed by atoms with Gasteiger partial charge in [0.2, 0.25) is 11.6 Å². The minimum Gasteiger partial charge on any atom is -0.290 e. The zero-order chi connectivity index (χ0) is 9.59. The highest BCUT2D eigenvalue weighted by Gasteiger charge is 2.29. The van der Waals surface area contributed by atoms with Gasteiger partial charge < -0.3 is 0 Å². The molecule has 13 heavy (non-hydrogen) atoms. The molecule has 0 spiro atoms. The average Bonchev–Trinajstić information content (AvgIpc) is 2.32. The third-order valence-electron chi connectivity index (χ3n) is 2.00. The van der Waals surface area contributed by atoms with E-state index >= 15 is 0 Å². The van der Waals surface area contributed by atoms with Crippen LogP contribution in [0.15, 0.2) is 12.1 Å². The molecule has 0 atom stereocenters. The molecule has 0 unspecified atom stereocenters. The SMILES string of the molecule is O=C1Cc2cc(F)c(F)cc2C1=O. The van der Waals surface area contributed by atoms with Crippen LogP contribution in [0.25, 0.3) is 0 Å². The quantitative estimate of drug-likeness (QED) is 0.566. The topological polar surface area (TPSA) is 34.1 Å². The predicted octanol–water partition coefficient (Wildman–Crippen LogP) is 1.27. The minimum absolute atomic E-state index is 0.0103. The van der Waals surface area contributed by atoms with E-state index in [9.17, 15) is 18.4 Å². The van der Waals surface area contributed by atoms with Crippen molar-refractivity contribution in [3.05, 3.63) is 34.9 Å². The first-order valence-electron chi connectivity index (χ1n) is 3.65. The lowest BCUT2D eigenvalue weighted by Crippen LogP contribution is -2.05. The summed E-state index contributed by atoms with van der Waals surface area (Å²) in [5.41, 5.74) is 0.262. The monoisotopic (exact) mass is 182 g/mol. The fourth-order valence-electron chi connectivity index (χ4n) is 1.35. The minimum atomic E-state index is -1.10. The van der Waals surface area contributed by atoms with Gasteiger partial charge in [0.05, 0.1) is 0 Å². The Morgan fingerprint density at radius 2 is 1.69 bits per heavy atom. The maximum Gasteiger partial charge on any atom is 0.229 e. The van der Waals surface area contributed by atoms with Gasteiger partial charge >= 0.3 is 0 Å². The molecule has 0 fully saturated rings. The van der Waals surface area contributed by atoms with Gasteiger partial charge in [-0.2, -0.15) is 0 Å². The van der Waals surface area contributed by atoms with E-state index in [4.69, 9.17) is 0 Å². The van der Waals surface area contributed by atoms with Gasteiger partial charge in [-0.3, -0.25) is 9.59 Å². The number of fused-ring (bicyclic) bond motifs is 1. The molecule has 0 heterocycles. The van der Waals surface area contributed by atoms with Gasteiger partial charge in [0.1, 0.15) is 0 Å². The number of carbonyl (C=O) groups excluding carboxylic acids is 2. The standard InChI is InChI=1S/C9H4F2O2/c10-6-1-4-2-8(12)9(13)5(4)3-7(6)11/h1,3H,2H2. The largest absolute Gasteiger partial charge is 0.290 e. The Morgan fingerprint density at radius 3 is 2.38 bits per heavy atom. The number of halogens is 2. The van der Waals surface area contributed by atoms with Crippen LogP contribution in [0.4, 0.5) is 8.78 Å². The van der Waals surface area contributed by atoms with E-state index in [1.807, 2.05) is 0 Å². The van der Waals surface area contributed by atoms with Crippen molar-refractivity contribution in [2.45, 2.75) is 6.42 Å². The van der Waals surface area contributed by atoms with Gasteiger partial charge in [-0.1, -0.05) is 0 Å². The second-order valence-corrected chi connectivity index (χ2v) is 2.85. The molecule has 0 bridgehead atoms. The average molecular weight is 182 g/mol. The number of hydrogen-bond donors (Lipinski definition) is 0. The van der Waals surface area contributed by atoms with Crippen molar-refractivity contribution < 1.29 is 18.4 Å². The molecule has 0 N–H and O–H groups in total. The molecule has 66 valence electrons. The van der Waals surface area contributed by atoms with Crippen molar-refractivity contribution in [3.63, 3.8) is 0 Å². The third kappa shape index (κ3) is 1.06. The Hall–Kier alpha value is -1.58. The van der Waals surface area contributed by atoms with Crippen LogP contribution in [0, 0.1) is 11.6 Å². The third-order valence-corrected chi connectivity index (χ3v) is 2.00. The van der Waals surface area contributed by atoms with Gasteiger partial charge in [0.25, 0.3) is 0 Å². The van der Waals surface area contributed by atoms with Crippen molar-refractivity contribution in [1.29, 1.82) is 0 Å². The van der Waals surface area contributed by atoms with Crippen LogP contribution in [0.3, 0.4) is 0 Å². The molecule has 1 aliphatic carbocycles. The smallest absolute Gasteiger partial charge is 0.229 e. The molecule has 0 amide bonds. The molecule has 1 aliphatic rings. The Balaban J connectivity index is 2.66. The summed E-state index contributed by atoms with van der Waals surface area (Å²) in [6.45, 7) is 0. The Labute approximate surface area is 72.2 Å². The maximum atomic E-state index is 12.6. The summed E-state index contributed by atoms with van der Waals surface area (Å²) in [4.78, 5) is 21.9. The first-order chi connectivity index (χ1) is 6.09. The second-order valence-electron chi connectivity index (χ2n) is 2.85. The molecule has 0 saturated carbocycles. The molecule has 0 radical (unpaired) electrons. The normalized spacial score (nSPS) is 14.9. The van der Waals surface area contributed by atoms with E-state index < -0.39 is 23.2 Å². The molecule has 1 aromatic rings. The summed E-state index contributed by atoms with van der Waals surface area (Å²) in [5, 5.41) is 0. The highest BCUT2D eigenvalue weighted by Crippen LogP contribution is 2.22. The van der Waals surface area contributed by atoms with E-state index in [1.54, 1.807) is 0 Å². The molecule has 0 aromatic heterocycles. The molecule has 0 saturated heterocycles. The molecule has 2 nitrogen and oxygen atoms in total. The van der Waals surface area contributed by atoms with Crippen molar-refractivity contribution in [2.24, 2.45) is 0 Å². The molecule has 4 heteroatoms. The summed E-state index contributed by atoms with van der Waals surface area (Å²) < 4.78 is 25.3. The van der Waals surface area contributed by atoms with E-state index in [0.29, 0.717) is 0 Å². The first kappa shape index (κ1) is 8.04. The van der Waals surface area contributed by atoms with E-state index in [-0.39, 0.29) is 17.5 Å². The zero-order valence-electron chi connectivity index (χ0n) is 6.43. The summed E-state index contributed by atoms with van der Waals surface area (Å²) in [6.07, 6.45) is -0.120. The van der Waals surface area contributed by atoms with Gasteiger partial charge in [-0.05, 0) is 17.7 Å². The summed E-state index contributed by atoms with van der Waals surface area (Å²) in [5.74, 6) is -3.46. The van der Waals surface area contributed by atoms with Gasteiger partial charge in [0.15, 0.2) is 11.6 Å². The van der Waals surface area contributed by atoms with Crippen molar-refractivity contribution in [2.75, 3.05) is 0 Å². The number of benzene rings is 1. The highest BCUT2D eigenvalue weighted by molar-refractivity contribution is 6.47. The van der Waals surface area contributed by atoms with E-state index in [0.717, 1.165) is 12.1 Å². The van der Waals surface area contributed by atoms with Crippen molar-refractivity contribution >= 4 is 11.6 Å². The van der Waals surface area contributed by atoms with Crippen LogP contribution in [0.1, 0.15) is 15.9 Å². The van der Waals surface area contributed by atoms with Crippen LogP contribution in [-0.4, -0.2) is 11.6 Å². The maximum absolute atomic E-state index is 12.6. The number of hydrogen-bond acceptors (Lipinski definition) is 2. The lowest BCUT2D eigenvalue weighted by Gasteiger charge is -1.96. The molecule has 1 aromatic carbocycles. The Morgan fingerprint density at radius 1 is 1.08 bits per heavy atom. The van der Waals surface area contributed by atoms with Crippen LogP contribution in [0.2, 0.25) is 0 Å². The fraction of sp³-hybridized carbons (Fsp3) is 0.111. The predicted molar refractivity (Wildman–Crippen MR) is 39.4 cm³/mol. The first-order valence-corrected chi connectivity index (χ1v) is 3.65. The van der Waals surface area contributed by atoms with Crippen LogP contribution < -0.4 is 0 Å². The zero-order valence-corrected chi connectivity index (χ0v) is 6.43. The lowest BCUT2D eigenvalue weighted by molar-refractivity contribution is -0.114. The highest BCUT2D eigenvalue weighted by atomic mass is 19.2. The lowest BCUT2D eigenvalue weighted by atomic mass is 10.1. The summed E-state index contributed by atoms with van der Waals surface area (Å²) in [6, 6.07) is 1.67. The van der Waals surface area contributed by atoms with Crippen molar-refractivity contribution in [1.82, 2.24) is 0 Å². The van der Waals surface area contributed by atoms with Gasteiger partial charge in [0, 0.05) is 12.0 Å². The number of Topliss-reactive ketones (excluding diaryl/α,β-unsaturated/α-hetero) is 2. The Kier molecular flexibility index (Phi) is 1.52. The van der Waals surface area contributed by atoms with E-state index in [2.05, 4.69) is 0 Å². The number of ketones is 2. The van der Waals surface area contributed by atoms with Crippen molar-refractivity contribution in [3.8, 4) is 0 Å². The van der Waals surface area contributed by atoms with Gasteiger partial charge in [-0.15, -0.1) is 0 Å². The number of carbonyl (C=O) groups is 2.